The Labute approximate surface area is 302 Å². The Bertz CT molecular complexity index is 1590. The van der Waals surface area contributed by atoms with Crippen LogP contribution >= 0.6 is 0 Å². The van der Waals surface area contributed by atoms with E-state index in [2.05, 4.69) is 76.5 Å². The van der Waals surface area contributed by atoms with Crippen molar-refractivity contribution in [3.05, 3.63) is 53.6 Å². The molecule has 1 saturated heterocycles. The molecule has 1 heterocycles. The van der Waals surface area contributed by atoms with E-state index < -0.39 is 0 Å². The minimum Gasteiger partial charge on any atom is -0.465 e. The van der Waals surface area contributed by atoms with Crippen LogP contribution in [0.3, 0.4) is 0 Å². The van der Waals surface area contributed by atoms with Gasteiger partial charge in [-0.25, -0.2) is 4.79 Å². The first-order chi connectivity index (χ1) is 23.7. The number of carbonyl (C=O) groups is 2. The van der Waals surface area contributed by atoms with Crippen molar-refractivity contribution in [2.75, 3.05) is 20.2 Å². The predicted octanol–water partition coefficient (Wildman–Crippen LogP) is 9.48. The fraction of sp³-hybridized carbons (Fsp3) is 0.733. The molecule has 2 bridgehead atoms. The van der Waals surface area contributed by atoms with Gasteiger partial charge >= 0.3 is 5.97 Å². The molecule has 0 aromatic heterocycles. The molecule has 5 heteroatoms. The topological polar surface area (TPSA) is 58.6 Å². The lowest BCUT2D eigenvalue weighted by molar-refractivity contribution is -0.219. The van der Waals surface area contributed by atoms with Crippen LogP contribution in [0.2, 0.25) is 0 Å². The number of hydrogen-bond acceptors (Lipinski definition) is 4. The van der Waals surface area contributed by atoms with E-state index in [9.17, 15) is 9.59 Å². The van der Waals surface area contributed by atoms with E-state index >= 15 is 0 Å². The molecule has 272 valence electrons. The summed E-state index contributed by atoms with van der Waals surface area (Å²) >= 11 is 0. The van der Waals surface area contributed by atoms with Gasteiger partial charge in [0.2, 0.25) is 5.91 Å². The summed E-state index contributed by atoms with van der Waals surface area (Å²) in [6.45, 7) is 21.6. The van der Waals surface area contributed by atoms with Gasteiger partial charge in [-0.15, -0.1) is 0 Å². The highest BCUT2D eigenvalue weighted by molar-refractivity contribution is 5.90. The summed E-state index contributed by atoms with van der Waals surface area (Å²) < 4.78 is 4.97. The Morgan fingerprint density at radius 2 is 1.66 bits per heavy atom. The smallest absolute Gasteiger partial charge is 0.337 e. The number of nitrogens with one attached hydrogen (secondary N) is 1. The number of methoxy groups -OCH3 is 1. The van der Waals surface area contributed by atoms with E-state index in [-0.39, 0.29) is 39.1 Å². The molecule has 5 nitrogen and oxygen atoms in total. The molecule has 1 aromatic rings. The summed E-state index contributed by atoms with van der Waals surface area (Å²) in [5.74, 6) is 3.70. The van der Waals surface area contributed by atoms with Crippen LogP contribution in [0.4, 0.5) is 0 Å². The summed E-state index contributed by atoms with van der Waals surface area (Å²) in [4.78, 5) is 28.6. The Hall–Kier alpha value is -2.40. The number of esters is 1. The number of likely N-dealkylation sites (tertiary alicyclic amines) is 1. The summed E-state index contributed by atoms with van der Waals surface area (Å²) in [5, 5.41) is 3.84. The third-order valence-electron chi connectivity index (χ3n) is 17.5. The molecule has 0 radical (unpaired) electrons. The van der Waals surface area contributed by atoms with Crippen LogP contribution in [0.5, 0.6) is 0 Å². The molecule has 11 atom stereocenters. The number of piperidine rings is 1. The minimum absolute atomic E-state index is 0.0379. The SMILES string of the molecule is C=C(C)[C@@H]1CC[C@]2(NC(=O)CN3C[C@@H]4CC[C@H]3C4)CC[C@]3(C)[C@H](CC[C@@H]4[C@@]5(C)CC=C(c6ccc(C(=O)OC)cc6)C(C)(C)[C@@H]5CC[C@]43C)[C@@H]12. The molecular weight excluding hydrogens is 617 g/mol. The highest BCUT2D eigenvalue weighted by Gasteiger charge is 2.70. The van der Waals surface area contributed by atoms with Crippen LogP contribution in [-0.2, 0) is 9.53 Å². The normalized spacial score (nSPS) is 44.3. The lowest BCUT2D eigenvalue weighted by atomic mass is 9.33. The predicted molar refractivity (Wildman–Crippen MR) is 201 cm³/mol. The molecule has 50 heavy (non-hydrogen) atoms. The maximum Gasteiger partial charge on any atom is 0.337 e. The molecule has 0 unspecified atom stereocenters. The standard InChI is InChI=1S/C45H64N2O3/c1-28(2)33-17-22-45(46-38(48)27-47-26-29-9-14-32(47)25-29)24-23-43(6)35(39(33)45)15-16-37-42(5)20-18-34(30-10-12-31(13-11-30)40(49)50-8)41(3,4)36(42)19-21-44(37,43)7/h10-13,18,29,32-33,35-37,39H,1,9,14-17,19-27H2,2-8H3,(H,46,48)/t29-,32+,33+,35-,36+,37-,39-,42+,43-,44-,45+/m1/s1. The zero-order valence-corrected chi connectivity index (χ0v) is 32.2. The number of fused-ring (bicyclic) bond motifs is 9. The minimum atomic E-state index is -0.278. The molecule has 1 aromatic carbocycles. The Morgan fingerprint density at radius 1 is 0.900 bits per heavy atom. The Kier molecular flexibility index (Phi) is 8.19. The van der Waals surface area contributed by atoms with Crippen molar-refractivity contribution in [2.45, 2.75) is 130 Å². The second-order valence-electron chi connectivity index (χ2n) is 19.8. The monoisotopic (exact) mass is 680 g/mol. The molecular formula is C45H64N2O3. The fourth-order valence-corrected chi connectivity index (χ4v) is 15.1. The van der Waals surface area contributed by atoms with Crippen molar-refractivity contribution in [1.29, 1.82) is 0 Å². The number of amides is 1. The van der Waals surface area contributed by atoms with E-state index in [0.717, 1.165) is 31.7 Å². The molecule has 1 amide bonds. The van der Waals surface area contributed by atoms with Crippen molar-refractivity contribution in [3.63, 3.8) is 0 Å². The van der Waals surface area contributed by atoms with Gasteiger partial charge in [-0.1, -0.05) is 65.0 Å². The second-order valence-corrected chi connectivity index (χ2v) is 19.8. The maximum absolute atomic E-state index is 13.9. The van der Waals surface area contributed by atoms with Crippen molar-refractivity contribution >= 4 is 17.4 Å². The van der Waals surface area contributed by atoms with Gasteiger partial charge in [-0.05, 0) is 164 Å². The lowest BCUT2D eigenvalue weighted by Gasteiger charge is -2.72. The first-order valence-corrected chi connectivity index (χ1v) is 20.3. The molecule has 1 N–H and O–H groups in total. The number of benzene rings is 1. The van der Waals surface area contributed by atoms with Crippen LogP contribution in [0, 0.1) is 57.2 Å². The van der Waals surface area contributed by atoms with Crippen molar-refractivity contribution in [3.8, 4) is 0 Å². The Morgan fingerprint density at radius 3 is 2.32 bits per heavy atom. The molecule has 0 spiro atoms. The molecule has 8 rings (SSSR count). The highest BCUT2D eigenvalue weighted by atomic mass is 16.5. The van der Waals surface area contributed by atoms with Gasteiger partial charge in [0.15, 0.2) is 0 Å². The number of allylic oxidation sites excluding steroid dienone is 3. The number of carbonyl (C=O) groups excluding carboxylic acids is 2. The van der Waals surface area contributed by atoms with Gasteiger partial charge in [-0.2, -0.15) is 0 Å². The molecule has 1 aliphatic heterocycles. The quantitative estimate of drug-likeness (QED) is 0.240. The third kappa shape index (κ3) is 4.86. The largest absolute Gasteiger partial charge is 0.465 e. The molecule has 6 aliphatic carbocycles. The van der Waals surface area contributed by atoms with Gasteiger partial charge < -0.3 is 10.1 Å². The van der Waals surface area contributed by atoms with Gasteiger partial charge in [0.25, 0.3) is 0 Å². The summed E-state index contributed by atoms with van der Waals surface area (Å²) in [6.07, 6.45) is 17.3. The first-order valence-electron chi connectivity index (χ1n) is 20.3. The number of rotatable bonds is 6. The highest BCUT2D eigenvalue weighted by Crippen LogP contribution is 2.76. The van der Waals surface area contributed by atoms with Crippen molar-refractivity contribution < 1.29 is 14.3 Å². The van der Waals surface area contributed by atoms with Crippen molar-refractivity contribution in [1.82, 2.24) is 10.2 Å². The van der Waals surface area contributed by atoms with Crippen LogP contribution in [-0.4, -0.2) is 48.6 Å². The molecule has 7 aliphatic rings. The average Bonchev–Trinajstić information content (AvgIpc) is 3.80. The zero-order valence-electron chi connectivity index (χ0n) is 32.2. The zero-order chi connectivity index (χ0) is 35.4. The molecule has 6 fully saturated rings. The van der Waals surface area contributed by atoms with Crippen LogP contribution in [0.1, 0.15) is 135 Å². The summed E-state index contributed by atoms with van der Waals surface area (Å²) in [6, 6.07) is 8.74. The summed E-state index contributed by atoms with van der Waals surface area (Å²) in [7, 11) is 1.45. The van der Waals surface area contributed by atoms with Crippen LogP contribution < -0.4 is 5.32 Å². The van der Waals surface area contributed by atoms with Gasteiger partial charge in [0.1, 0.15) is 0 Å². The van der Waals surface area contributed by atoms with Gasteiger partial charge in [0, 0.05) is 18.1 Å². The van der Waals surface area contributed by atoms with E-state index in [1.807, 2.05) is 12.1 Å². The van der Waals surface area contributed by atoms with E-state index in [0.29, 0.717) is 47.7 Å². The fourth-order valence-electron chi connectivity index (χ4n) is 15.1. The average molecular weight is 681 g/mol. The lowest BCUT2D eigenvalue weighted by Crippen LogP contribution is -2.68. The van der Waals surface area contributed by atoms with Crippen LogP contribution in [0.15, 0.2) is 42.5 Å². The van der Waals surface area contributed by atoms with Crippen LogP contribution in [0.25, 0.3) is 5.57 Å². The molecule has 5 saturated carbocycles. The van der Waals surface area contributed by atoms with Gasteiger partial charge in [0.05, 0.1) is 19.2 Å². The van der Waals surface area contributed by atoms with Crippen molar-refractivity contribution in [2.24, 2.45) is 57.2 Å². The Balaban J connectivity index is 1.07. The number of nitrogens with zero attached hydrogens (tertiary/aromatic N) is 1. The van der Waals surface area contributed by atoms with Gasteiger partial charge in [-0.3, -0.25) is 9.69 Å². The van der Waals surface area contributed by atoms with E-state index in [1.54, 1.807) is 0 Å². The summed E-state index contributed by atoms with van der Waals surface area (Å²) in [5.41, 5.74) is 5.32. The number of ether oxygens (including phenoxy) is 1. The number of hydrogen-bond donors (Lipinski definition) is 1. The second kappa shape index (κ2) is 11.8. The maximum atomic E-state index is 13.9. The third-order valence-corrected chi connectivity index (χ3v) is 17.5. The van der Waals surface area contributed by atoms with E-state index in [1.165, 1.54) is 81.6 Å². The van der Waals surface area contributed by atoms with E-state index in [4.69, 9.17) is 4.74 Å². The first kappa shape index (κ1) is 34.7.